The van der Waals surface area contributed by atoms with E-state index in [1.54, 1.807) is 0 Å². The fourth-order valence-corrected chi connectivity index (χ4v) is 3.24. The Labute approximate surface area is 97.8 Å². The van der Waals surface area contributed by atoms with Gasteiger partial charge in [0.15, 0.2) is 0 Å². The molecule has 0 amide bonds. The minimum Gasteiger partial charge on any atom is -0.481 e. The van der Waals surface area contributed by atoms with E-state index in [-0.39, 0.29) is 0 Å². The molecule has 2 aliphatic rings. The van der Waals surface area contributed by atoms with Gasteiger partial charge >= 0.3 is 5.97 Å². The number of nitrogens with zero attached hydrogens (tertiary/aromatic N) is 1. The van der Waals surface area contributed by atoms with Gasteiger partial charge in [-0.3, -0.25) is 4.79 Å². The minimum absolute atomic E-state index is 0.382. The molecule has 0 radical (unpaired) electrons. The molecule has 0 aromatic rings. The maximum atomic E-state index is 10.6. The highest BCUT2D eigenvalue weighted by Crippen LogP contribution is 2.30. The second-order valence-corrected chi connectivity index (χ2v) is 5.37. The third-order valence-electron chi connectivity index (χ3n) is 4.19. The summed E-state index contributed by atoms with van der Waals surface area (Å²) in [5.41, 5.74) is 0. The average Bonchev–Trinajstić information content (AvgIpc) is 2.30. The van der Waals surface area contributed by atoms with Gasteiger partial charge in [-0.15, -0.1) is 0 Å². The van der Waals surface area contributed by atoms with E-state index in [1.165, 1.54) is 45.2 Å². The number of carbonyl (C=O) groups is 1. The molecule has 0 bridgehead atoms. The lowest BCUT2D eigenvalue weighted by molar-refractivity contribution is -0.138. The van der Waals surface area contributed by atoms with Gasteiger partial charge in [0.05, 0.1) is 0 Å². The third-order valence-corrected chi connectivity index (χ3v) is 4.19. The first-order chi connectivity index (χ1) is 7.75. The summed E-state index contributed by atoms with van der Waals surface area (Å²) in [4.78, 5) is 13.3. The summed E-state index contributed by atoms with van der Waals surface area (Å²) >= 11 is 0. The molecular formula is C13H23NO2. The van der Waals surface area contributed by atoms with Crippen LogP contribution in [0.1, 0.15) is 51.4 Å². The number of likely N-dealkylation sites (tertiary alicyclic amines) is 1. The molecule has 0 aromatic carbocycles. The van der Waals surface area contributed by atoms with Gasteiger partial charge in [0.1, 0.15) is 0 Å². The Hall–Kier alpha value is -0.570. The molecule has 1 aliphatic carbocycles. The molecule has 0 spiro atoms. The van der Waals surface area contributed by atoms with Gasteiger partial charge in [-0.1, -0.05) is 6.42 Å². The molecule has 1 heterocycles. The van der Waals surface area contributed by atoms with Gasteiger partial charge in [-0.05, 0) is 57.5 Å². The fraction of sp³-hybridized carbons (Fsp3) is 0.923. The highest BCUT2D eigenvalue weighted by atomic mass is 16.4. The van der Waals surface area contributed by atoms with Crippen molar-refractivity contribution in [2.75, 3.05) is 13.1 Å². The highest BCUT2D eigenvalue weighted by molar-refractivity contribution is 5.67. The van der Waals surface area contributed by atoms with Crippen LogP contribution in [0, 0.1) is 5.92 Å². The van der Waals surface area contributed by atoms with Gasteiger partial charge in [-0.2, -0.15) is 0 Å². The lowest BCUT2D eigenvalue weighted by Gasteiger charge is -2.38. The molecule has 1 aliphatic heterocycles. The molecule has 2 rings (SSSR count). The smallest absolute Gasteiger partial charge is 0.303 e. The first-order valence-corrected chi connectivity index (χ1v) is 6.71. The van der Waals surface area contributed by atoms with Crippen LogP contribution in [0.5, 0.6) is 0 Å². The Morgan fingerprint density at radius 2 is 1.69 bits per heavy atom. The number of hydrogen-bond acceptors (Lipinski definition) is 2. The van der Waals surface area contributed by atoms with Gasteiger partial charge in [0.25, 0.3) is 0 Å². The summed E-state index contributed by atoms with van der Waals surface area (Å²) in [7, 11) is 0. The van der Waals surface area contributed by atoms with Crippen LogP contribution in [-0.2, 0) is 4.79 Å². The van der Waals surface area contributed by atoms with Crippen LogP contribution in [0.4, 0.5) is 0 Å². The summed E-state index contributed by atoms with van der Waals surface area (Å²) < 4.78 is 0. The Bertz CT molecular complexity index is 228. The van der Waals surface area contributed by atoms with Crippen LogP contribution < -0.4 is 0 Å². The van der Waals surface area contributed by atoms with E-state index in [4.69, 9.17) is 5.11 Å². The second-order valence-electron chi connectivity index (χ2n) is 5.37. The van der Waals surface area contributed by atoms with E-state index < -0.39 is 5.97 Å². The second kappa shape index (κ2) is 5.67. The standard InChI is InChI=1S/C13H23NO2/c15-13(16)10-11-4-6-12(7-5-11)14-8-2-1-3-9-14/h11-12H,1-10H2,(H,15,16). The lowest BCUT2D eigenvalue weighted by Crippen LogP contribution is -2.41. The predicted molar refractivity (Wildman–Crippen MR) is 63.4 cm³/mol. The molecular weight excluding hydrogens is 202 g/mol. The molecule has 2 fully saturated rings. The lowest BCUT2D eigenvalue weighted by atomic mass is 9.83. The van der Waals surface area contributed by atoms with Gasteiger partial charge in [-0.25, -0.2) is 0 Å². The zero-order chi connectivity index (χ0) is 11.4. The Kier molecular flexibility index (Phi) is 4.22. The zero-order valence-corrected chi connectivity index (χ0v) is 10.0. The number of rotatable bonds is 3. The number of carboxylic acid groups (broad SMARTS) is 1. The summed E-state index contributed by atoms with van der Waals surface area (Å²) in [6.45, 7) is 2.54. The zero-order valence-electron chi connectivity index (χ0n) is 10.0. The first kappa shape index (κ1) is 11.9. The fourth-order valence-electron chi connectivity index (χ4n) is 3.24. The topological polar surface area (TPSA) is 40.5 Å². The van der Waals surface area contributed by atoms with Crippen molar-refractivity contribution in [3.8, 4) is 0 Å². The Morgan fingerprint density at radius 1 is 1.06 bits per heavy atom. The molecule has 0 unspecified atom stereocenters. The van der Waals surface area contributed by atoms with Crippen LogP contribution in [0.15, 0.2) is 0 Å². The number of carboxylic acids is 1. The van der Waals surface area contributed by atoms with Crippen molar-refractivity contribution in [1.82, 2.24) is 4.90 Å². The summed E-state index contributed by atoms with van der Waals surface area (Å²) in [5.74, 6) is -0.181. The number of hydrogen-bond donors (Lipinski definition) is 1. The molecule has 1 saturated heterocycles. The quantitative estimate of drug-likeness (QED) is 0.802. The highest BCUT2D eigenvalue weighted by Gasteiger charge is 2.27. The molecule has 0 aromatic heterocycles. The minimum atomic E-state index is -0.624. The third kappa shape index (κ3) is 3.21. The van der Waals surface area contributed by atoms with Crippen molar-refractivity contribution in [2.24, 2.45) is 5.92 Å². The molecule has 1 saturated carbocycles. The molecule has 1 N–H and O–H groups in total. The maximum Gasteiger partial charge on any atom is 0.303 e. The summed E-state index contributed by atoms with van der Waals surface area (Å²) in [6, 6.07) is 0.755. The summed E-state index contributed by atoms with van der Waals surface area (Å²) in [5, 5.41) is 8.77. The first-order valence-electron chi connectivity index (χ1n) is 6.71. The van der Waals surface area contributed by atoms with Gasteiger partial charge in [0.2, 0.25) is 0 Å². The monoisotopic (exact) mass is 225 g/mol. The van der Waals surface area contributed by atoms with Crippen LogP contribution in [-0.4, -0.2) is 35.1 Å². The van der Waals surface area contributed by atoms with Crippen molar-refractivity contribution in [3.05, 3.63) is 0 Å². The molecule has 0 atom stereocenters. The van der Waals surface area contributed by atoms with Crippen molar-refractivity contribution in [1.29, 1.82) is 0 Å². The van der Waals surface area contributed by atoms with E-state index in [0.717, 1.165) is 18.9 Å². The van der Waals surface area contributed by atoms with Crippen LogP contribution in [0.3, 0.4) is 0 Å². The van der Waals surface area contributed by atoms with Crippen molar-refractivity contribution in [2.45, 2.75) is 57.4 Å². The van der Waals surface area contributed by atoms with E-state index >= 15 is 0 Å². The van der Waals surface area contributed by atoms with Crippen LogP contribution in [0.25, 0.3) is 0 Å². The normalized spacial score (nSPS) is 32.5. The average molecular weight is 225 g/mol. The SMILES string of the molecule is O=C(O)CC1CCC(N2CCCCC2)CC1. The predicted octanol–water partition coefficient (Wildman–Crippen LogP) is 2.51. The molecule has 16 heavy (non-hydrogen) atoms. The van der Waals surface area contributed by atoms with Gasteiger partial charge in [0, 0.05) is 12.5 Å². The van der Waals surface area contributed by atoms with Crippen molar-refractivity contribution < 1.29 is 9.90 Å². The summed E-state index contributed by atoms with van der Waals surface area (Å²) in [6.07, 6.45) is 9.17. The number of aliphatic carboxylic acids is 1. The van der Waals surface area contributed by atoms with Gasteiger partial charge < -0.3 is 10.0 Å². The number of piperidine rings is 1. The largest absolute Gasteiger partial charge is 0.481 e. The van der Waals surface area contributed by atoms with E-state index in [1.807, 2.05) is 0 Å². The molecule has 3 heteroatoms. The van der Waals surface area contributed by atoms with Crippen molar-refractivity contribution in [3.63, 3.8) is 0 Å². The van der Waals surface area contributed by atoms with E-state index in [2.05, 4.69) is 4.90 Å². The molecule has 92 valence electrons. The van der Waals surface area contributed by atoms with Crippen molar-refractivity contribution >= 4 is 5.97 Å². The molecule has 3 nitrogen and oxygen atoms in total. The van der Waals surface area contributed by atoms with Crippen LogP contribution >= 0.6 is 0 Å². The Balaban J connectivity index is 1.73. The van der Waals surface area contributed by atoms with E-state index in [0.29, 0.717) is 12.3 Å². The maximum absolute atomic E-state index is 10.6. The Morgan fingerprint density at radius 3 is 2.25 bits per heavy atom. The van der Waals surface area contributed by atoms with E-state index in [9.17, 15) is 4.79 Å². The van der Waals surface area contributed by atoms with Crippen LogP contribution in [0.2, 0.25) is 0 Å².